The van der Waals surface area contributed by atoms with Crippen molar-refractivity contribution in [1.29, 1.82) is 0 Å². The maximum absolute atomic E-state index is 13.0. The minimum atomic E-state index is -0.221. The second-order valence-electron chi connectivity index (χ2n) is 7.72. The van der Waals surface area contributed by atoms with Gasteiger partial charge in [0.25, 0.3) is 0 Å². The smallest absolute Gasteiger partial charge is 0.246 e. The van der Waals surface area contributed by atoms with Crippen molar-refractivity contribution >= 4 is 5.91 Å². The zero-order valence-electron chi connectivity index (χ0n) is 17.0. The van der Waals surface area contributed by atoms with E-state index in [1.54, 1.807) is 0 Å². The Kier molecular flexibility index (Phi) is 6.18. The second-order valence-corrected chi connectivity index (χ2v) is 7.72. The van der Waals surface area contributed by atoms with E-state index in [-0.39, 0.29) is 24.2 Å². The van der Waals surface area contributed by atoms with Gasteiger partial charge >= 0.3 is 0 Å². The van der Waals surface area contributed by atoms with Gasteiger partial charge in [-0.3, -0.25) is 9.69 Å². The first-order valence-corrected chi connectivity index (χ1v) is 10.2. The van der Waals surface area contributed by atoms with Crippen LogP contribution in [0.3, 0.4) is 0 Å². The average molecular weight is 408 g/mol. The molecule has 0 aliphatic carbocycles. The van der Waals surface area contributed by atoms with E-state index in [9.17, 15) is 9.18 Å². The van der Waals surface area contributed by atoms with Gasteiger partial charge in [0.05, 0.1) is 6.54 Å². The molecule has 6 nitrogen and oxygen atoms in total. The molecule has 1 aromatic heterocycles. The van der Waals surface area contributed by atoms with E-state index in [1.807, 2.05) is 43.3 Å². The van der Waals surface area contributed by atoms with Gasteiger partial charge in [0.15, 0.2) is 0 Å². The predicted molar refractivity (Wildman–Crippen MR) is 111 cm³/mol. The van der Waals surface area contributed by atoms with Gasteiger partial charge in [-0.25, -0.2) is 4.39 Å². The summed E-state index contributed by atoms with van der Waals surface area (Å²) in [7, 11) is 0. The Morgan fingerprint density at radius 2 is 1.90 bits per heavy atom. The SMILES string of the molecule is Cc1ccccc1-c1noc(CNC(=O)C2CCN(Cc3ccc(F)cc3)CC2)n1. The van der Waals surface area contributed by atoms with Crippen molar-refractivity contribution in [3.05, 3.63) is 71.4 Å². The van der Waals surface area contributed by atoms with E-state index in [4.69, 9.17) is 4.52 Å². The Balaban J connectivity index is 1.24. The van der Waals surface area contributed by atoms with Gasteiger partial charge in [-0.05, 0) is 56.1 Å². The number of aromatic nitrogens is 2. The van der Waals surface area contributed by atoms with E-state index in [1.165, 1.54) is 12.1 Å². The first-order chi connectivity index (χ1) is 14.6. The number of hydrogen-bond acceptors (Lipinski definition) is 5. The van der Waals surface area contributed by atoms with Crippen LogP contribution < -0.4 is 5.32 Å². The lowest BCUT2D eigenvalue weighted by atomic mass is 9.95. The van der Waals surface area contributed by atoms with Gasteiger partial charge < -0.3 is 9.84 Å². The van der Waals surface area contributed by atoms with E-state index in [0.29, 0.717) is 11.7 Å². The molecule has 1 N–H and O–H groups in total. The van der Waals surface area contributed by atoms with Gasteiger partial charge in [0, 0.05) is 18.0 Å². The highest BCUT2D eigenvalue weighted by Crippen LogP contribution is 2.21. The zero-order valence-corrected chi connectivity index (χ0v) is 17.0. The number of carbonyl (C=O) groups excluding carboxylic acids is 1. The van der Waals surface area contributed by atoms with Crippen LogP contribution in [0.5, 0.6) is 0 Å². The van der Waals surface area contributed by atoms with Crippen LogP contribution in [0.15, 0.2) is 53.1 Å². The highest BCUT2D eigenvalue weighted by atomic mass is 19.1. The van der Waals surface area contributed by atoms with Crippen LogP contribution >= 0.6 is 0 Å². The molecule has 2 heterocycles. The van der Waals surface area contributed by atoms with Crippen molar-refractivity contribution in [3.8, 4) is 11.4 Å². The van der Waals surface area contributed by atoms with Crippen LogP contribution in [0.1, 0.15) is 29.9 Å². The Hall–Kier alpha value is -3.06. The molecule has 1 amide bonds. The summed E-state index contributed by atoms with van der Waals surface area (Å²) < 4.78 is 18.3. The van der Waals surface area contributed by atoms with E-state index >= 15 is 0 Å². The van der Waals surface area contributed by atoms with Crippen LogP contribution in [0, 0.1) is 18.7 Å². The highest BCUT2D eigenvalue weighted by Gasteiger charge is 2.25. The number of benzene rings is 2. The number of piperidine rings is 1. The molecule has 3 aromatic rings. The lowest BCUT2D eigenvalue weighted by Crippen LogP contribution is -2.40. The molecule has 4 rings (SSSR count). The van der Waals surface area contributed by atoms with Crippen LogP contribution in [-0.2, 0) is 17.9 Å². The molecule has 2 aromatic carbocycles. The van der Waals surface area contributed by atoms with Crippen LogP contribution in [0.4, 0.5) is 4.39 Å². The summed E-state index contributed by atoms with van der Waals surface area (Å²) in [4.78, 5) is 19.2. The van der Waals surface area contributed by atoms with Gasteiger partial charge in [-0.1, -0.05) is 41.6 Å². The number of amides is 1. The lowest BCUT2D eigenvalue weighted by Gasteiger charge is -2.31. The summed E-state index contributed by atoms with van der Waals surface area (Å²) in [6.07, 6.45) is 1.59. The predicted octanol–water partition coefficient (Wildman–Crippen LogP) is 3.71. The van der Waals surface area contributed by atoms with Gasteiger partial charge in [0.1, 0.15) is 5.82 Å². The third-order valence-corrected chi connectivity index (χ3v) is 5.55. The third-order valence-electron chi connectivity index (χ3n) is 5.55. The maximum atomic E-state index is 13.0. The maximum Gasteiger partial charge on any atom is 0.246 e. The fraction of sp³-hybridized carbons (Fsp3) is 0.348. The average Bonchev–Trinajstić information content (AvgIpc) is 3.23. The minimum absolute atomic E-state index is 0.0202. The van der Waals surface area contributed by atoms with E-state index < -0.39 is 0 Å². The lowest BCUT2D eigenvalue weighted by molar-refractivity contribution is -0.126. The van der Waals surface area contributed by atoms with Crippen LogP contribution in [-0.4, -0.2) is 34.0 Å². The van der Waals surface area contributed by atoms with Crippen molar-refractivity contribution in [2.24, 2.45) is 5.92 Å². The minimum Gasteiger partial charge on any atom is -0.347 e. The Labute approximate surface area is 175 Å². The van der Waals surface area contributed by atoms with Crippen molar-refractivity contribution in [2.45, 2.75) is 32.9 Å². The molecule has 1 aliphatic heterocycles. The summed E-state index contributed by atoms with van der Waals surface area (Å²) in [6.45, 7) is 4.68. The molecule has 156 valence electrons. The summed E-state index contributed by atoms with van der Waals surface area (Å²) >= 11 is 0. The van der Waals surface area contributed by atoms with Gasteiger partial charge in [-0.15, -0.1) is 0 Å². The Morgan fingerprint density at radius 3 is 2.63 bits per heavy atom. The van der Waals surface area contributed by atoms with Crippen LogP contribution in [0.25, 0.3) is 11.4 Å². The fourth-order valence-electron chi connectivity index (χ4n) is 3.77. The summed E-state index contributed by atoms with van der Waals surface area (Å²) in [5.41, 5.74) is 3.08. The zero-order chi connectivity index (χ0) is 20.9. The quantitative estimate of drug-likeness (QED) is 0.673. The number of nitrogens with one attached hydrogen (secondary N) is 1. The fourth-order valence-corrected chi connectivity index (χ4v) is 3.77. The Morgan fingerprint density at radius 1 is 1.17 bits per heavy atom. The molecule has 1 aliphatic rings. The number of nitrogens with zero attached hydrogens (tertiary/aromatic N) is 3. The monoisotopic (exact) mass is 408 g/mol. The van der Waals surface area contributed by atoms with Gasteiger partial charge in [0.2, 0.25) is 17.6 Å². The molecule has 1 fully saturated rings. The number of aryl methyl sites for hydroxylation is 1. The molecule has 0 saturated carbocycles. The van der Waals surface area contributed by atoms with Crippen molar-refractivity contribution in [2.75, 3.05) is 13.1 Å². The summed E-state index contributed by atoms with van der Waals surface area (Å²) in [5.74, 6) is 0.712. The van der Waals surface area contributed by atoms with Crippen molar-refractivity contribution < 1.29 is 13.7 Å². The molecule has 0 bridgehead atoms. The van der Waals surface area contributed by atoms with Crippen molar-refractivity contribution in [1.82, 2.24) is 20.4 Å². The first-order valence-electron chi connectivity index (χ1n) is 10.2. The number of hydrogen-bond donors (Lipinski definition) is 1. The number of halogens is 1. The molecular weight excluding hydrogens is 383 g/mol. The van der Waals surface area contributed by atoms with Gasteiger partial charge in [-0.2, -0.15) is 4.98 Å². The van der Waals surface area contributed by atoms with Crippen LogP contribution in [0.2, 0.25) is 0 Å². The third kappa shape index (κ3) is 4.91. The normalized spacial score (nSPS) is 15.3. The molecule has 0 radical (unpaired) electrons. The van der Waals surface area contributed by atoms with E-state index in [0.717, 1.165) is 49.2 Å². The summed E-state index contributed by atoms with van der Waals surface area (Å²) in [5, 5.41) is 6.95. The second kappa shape index (κ2) is 9.17. The topological polar surface area (TPSA) is 71.3 Å². The summed E-state index contributed by atoms with van der Waals surface area (Å²) in [6, 6.07) is 14.4. The largest absolute Gasteiger partial charge is 0.347 e. The molecular formula is C23H25FN4O2. The molecule has 0 unspecified atom stereocenters. The standard InChI is InChI=1S/C23H25FN4O2/c1-16-4-2-3-5-20(16)22-26-21(30-27-22)14-25-23(29)18-10-12-28(13-11-18)15-17-6-8-19(24)9-7-17/h2-9,18H,10-15H2,1H3,(H,25,29). The number of carbonyl (C=O) groups is 1. The number of rotatable bonds is 6. The number of likely N-dealkylation sites (tertiary alicyclic amines) is 1. The van der Waals surface area contributed by atoms with E-state index in [2.05, 4.69) is 20.4 Å². The molecule has 0 spiro atoms. The molecule has 1 saturated heterocycles. The highest BCUT2D eigenvalue weighted by molar-refractivity contribution is 5.78. The molecule has 30 heavy (non-hydrogen) atoms. The van der Waals surface area contributed by atoms with Crippen molar-refractivity contribution in [3.63, 3.8) is 0 Å². The molecule has 0 atom stereocenters. The Bertz CT molecular complexity index is 994. The first kappa shape index (κ1) is 20.2. The molecule has 7 heteroatoms.